The van der Waals surface area contributed by atoms with Gasteiger partial charge in [-0.05, 0) is 68.7 Å². The average Bonchev–Trinajstić information content (AvgIpc) is 3.25. The van der Waals surface area contributed by atoms with Gasteiger partial charge in [-0.1, -0.05) is 6.07 Å². The number of nitrogens with zero attached hydrogens (tertiary/aromatic N) is 1. The van der Waals surface area contributed by atoms with Gasteiger partial charge in [0.15, 0.2) is 0 Å². The summed E-state index contributed by atoms with van der Waals surface area (Å²) in [6, 6.07) is 5.31. The van der Waals surface area contributed by atoms with Crippen molar-refractivity contribution in [2.45, 2.75) is 56.6 Å². The highest BCUT2D eigenvalue weighted by atomic mass is 32.2. The number of aliphatic hydroxyl groups excluding tert-OH is 1. The molecule has 4 nitrogen and oxygen atoms in total. The van der Waals surface area contributed by atoms with Gasteiger partial charge in [-0.3, -0.25) is 0 Å². The third-order valence-corrected chi connectivity index (χ3v) is 6.74. The van der Waals surface area contributed by atoms with E-state index >= 15 is 0 Å². The number of hydrogen-bond acceptors (Lipinski definition) is 3. The monoisotopic (exact) mass is 309 g/mol. The molecule has 0 bridgehead atoms. The Morgan fingerprint density at radius 3 is 2.48 bits per heavy atom. The Kier molecular flexibility index (Phi) is 3.84. The zero-order valence-electron chi connectivity index (χ0n) is 12.6. The third-order valence-electron chi connectivity index (χ3n) is 4.82. The molecule has 21 heavy (non-hydrogen) atoms. The lowest BCUT2D eigenvalue weighted by atomic mass is 9.98. The highest BCUT2D eigenvalue weighted by Gasteiger charge is 2.44. The Hall–Kier alpha value is -0.910. The lowest BCUT2D eigenvalue weighted by Gasteiger charge is -2.37. The lowest BCUT2D eigenvalue weighted by Crippen LogP contribution is -2.48. The number of rotatable bonds is 3. The molecule has 0 radical (unpaired) electrons. The summed E-state index contributed by atoms with van der Waals surface area (Å²) in [7, 11) is -3.46. The molecule has 0 amide bonds. The van der Waals surface area contributed by atoms with Gasteiger partial charge in [0.05, 0.1) is 11.0 Å². The van der Waals surface area contributed by atoms with Crippen LogP contribution in [-0.4, -0.2) is 36.5 Å². The van der Waals surface area contributed by atoms with Gasteiger partial charge in [0.2, 0.25) is 10.0 Å². The number of aryl methyl sites for hydroxylation is 2. The second-order valence-corrected chi connectivity index (χ2v) is 8.34. The van der Waals surface area contributed by atoms with Crippen LogP contribution in [0.5, 0.6) is 0 Å². The second-order valence-electron chi connectivity index (χ2n) is 6.44. The first-order valence-corrected chi connectivity index (χ1v) is 9.11. The van der Waals surface area contributed by atoms with Crippen LogP contribution in [0.25, 0.3) is 0 Å². The fourth-order valence-corrected chi connectivity index (χ4v) is 4.97. The van der Waals surface area contributed by atoms with E-state index in [9.17, 15) is 13.5 Å². The molecule has 1 aliphatic carbocycles. The van der Waals surface area contributed by atoms with Crippen molar-refractivity contribution in [2.24, 2.45) is 5.92 Å². The quantitative estimate of drug-likeness (QED) is 0.931. The molecule has 1 aromatic carbocycles. The number of sulfonamides is 1. The van der Waals surface area contributed by atoms with Crippen LogP contribution in [-0.2, 0) is 10.0 Å². The maximum Gasteiger partial charge on any atom is 0.243 e. The topological polar surface area (TPSA) is 57.6 Å². The van der Waals surface area contributed by atoms with Crippen LogP contribution in [0.3, 0.4) is 0 Å². The molecular weight excluding hydrogens is 286 g/mol. The van der Waals surface area contributed by atoms with E-state index in [1.165, 1.54) is 0 Å². The molecule has 2 atom stereocenters. The largest absolute Gasteiger partial charge is 0.393 e. The summed E-state index contributed by atoms with van der Waals surface area (Å²) in [5.74, 6) is 0.432. The molecule has 3 rings (SSSR count). The van der Waals surface area contributed by atoms with Crippen LogP contribution in [0.4, 0.5) is 0 Å². The summed E-state index contributed by atoms with van der Waals surface area (Å²) in [6.45, 7) is 4.35. The second kappa shape index (κ2) is 5.38. The smallest absolute Gasteiger partial charge is 0.243 e. The zero-order valence-corrected chi connectivity index (χ0v) is 13.4. The van der Waals surface area contributed by atoms with Gasteiger partial charge < -0.3 is 5.11 Å². The Bertz CT molecular complexity index is 637. The third kappa shape index (κ3) is 2.87. The summed E-state index contributed by atoms with van der Waals surface area (Å²) in [4.78, 5) is 0.382. The predicted octanol–water partition coefficient (Wildman–Crippen LogP) is 2.23. The van der Waals surface area contributed by atoms with E-state index in [2.05, 4.69) is 0 Å². The van der Waals surface area contributed by atoms with Gasteiger partial charge in [-0.25, -0.2) is 8.42 Å². The lowest BCUT2D eigenvalue weighted by molar-refractivity contribution is 0.0736. The first-order valence-electron chi connectivity index (χ1n) is 7.67. The van der Waals surface area contributed by atoms with Crippen molar-refractivity contribution in [3.05, 3.63) is 29.3 Å². The molecule has 2 fully saturated rings. The van der Waals surface area contributed by atoms with Crippen molar-refractivity contribution in [2.75, 3.05) is 6.54 Å². The standard InChI is InChI=1S/C16H23NO3S/c1-11-3-6-15(9-12(11)2)21(19,20)17-8-7-14(18)10-16(17)13-4-5-13/h3,6,9,13-14,16,18H,4-5,7-8,10H2,1-2H3. The Balaban J connectivity index is 1.93. The molecule has 0 aromatic heterocycles. The summed E-state index contributed by atoms with van der Waals surface area (Å²) in [5, 5.41) is 9.87. The van der Waals surface area contributed by atoms with Crippen molar-refractivity contribution in [1.82, 2.24) is 4.31 Å². The number of piperidine rings is 1. The van der Waals surface area contributed by atoms with Gasteiger partial charge >= 0.3 is 0 Å². The molecule has 2 unspecified atom stereocenters. The molecule has 1 heterocycles. The summed E-state index contributed by atoms with van der Waals surface area (Å²) in [6.07, 6.45) is 2.91. The Morgan fingerprint density at radius 1 is 1.14 bits per heavy atom. The van der Waals surface area contributed by atoms with Gasteiger partial charge in [0.1, 0.15) is 0 Å². The highest BCUT2D eigenvalue weighted by Crippen LogP contribution is 2.41. The van der Waals surface area contributed by atoms with Gasteiger partial charge in [0, 0.05) is 12.6 Å². The van der Waals surface area contributed by atoms with Gasteiger partial charge in [0.25, 0.3) is 0 Å². The zero-order chi connectivity index (χ0) is 15.2. The Morgan fingerprint density at radius 2 is 1.86 bits per heavy atom. The summed E-state index contributed by atoms with van der Waals surface area (Å²) in [5.41, 5.74) is 2.10. The fraction of sp³-hybridized carbons (Fsp3) is 0.625. The van der Waals surface area contributed by atoms with E-state index in [0.29, 0.717) is 30.2 Å². The van der Waals surface area contributed by atoms with Crippen LogP contribution < -0.4 is 0 Å². The maximum absolute atomic E-state index is 12.9. The number of benzene rings is 1. The Labute approximate surface area is 126 Å². The number of hydrogen-bond donors (Lipinski definition) is 1. The minimum Gasteiger partial charge on any atom is -0.393 e. The predicted molar refractivity (Wildman–Crippen MR) is 81.6 cm³/mol. The van der Waals surface area contributed by atoms with E-state index in [1.54, 1.807) is 16.4 Å². The molecule has 1 aliphatic heterocycles. The highest BCUT2D eigenvalue weighted by molar-refractivity contribution is 7.89. The molecule has 0 spiro atoms. The molecular formula is C16H23NO3S. The number of aliphatic hydroxyl groups is 1. The van der Waals surface area contributed by atoms with Gasteiger partial charge in [-0.15, -0.1) is 0 Å². The summed E-state index contributed by atoms with van der Waals surface area (Å²) >= 11 is 0. The SMILES string of the molecule is Cc1ccc(S(=O)(=O)N2CCC(O)CC2C2CC2)cc1C. The van der Waals surface area contributed by atoms with Crippen LogP contribution >= 0.6 is 0 Å². The van der Waals surface area contributed by atoms with Crippen LogP contribution in [0.1, 0.15) is 36.8 Å². The van der Waals surface area contributed by atoms with Crippen LogP contribution in [0.15, 0.2) is 23.1 Å². The molecule has 2 aliphatic rings. The molecule has 1 saturated carbocycles. The fourth-order valence-electron chi connectivity index (χ4n) is 3.17. The van der Waals surface area contributed by atoms with Crippen LogP contribution in [0.2, 0.25) is 0 Å². The summed E-state index contributed by atoms with van der Waals surface area (Å²) < 4.78 is 27.5. The van der Waals surface area contributed by atoms with E-state index < -0.39 is 10.0 Å². The van der Waals surface area contributed by atoms with Crippen molar-refractivity contribution >= 4 is 10.0 Å². The average molecular weight is 309 g/mol. The van der Waals surface area contributed by atoms with Gasteiger partial charge in [-0.2, -0.15) is 4.31 Å². The van der Waals surface area contributed by atoms with Crippen molar-refractivity contribution in [1.29, 1.82) is 0 Å². The van der Waals surface area contributed by atoms with E-state index in [4.69, 9.17) is 0 Å². The van der Waals surface area contributed by atoms with Crippen LogP contribution in [0, 0.1) is 19.8 Å². The first-order chi connectivity index (χ1) is 9.89. The van der Waals surface area contributed by atoms with E-state index in [1.807, 2.05) is 19.9 Å². The van der Waals surface area contributed by atoms with Crippen molar-refractivity contribution < 1.29 is 13.5 Å². The van der Waals surface area contributed by atoms with E-state index in [0.717, 1.165) is 24.0 Å². The normalized spacial score (nSPS) is 27.8. The minimum atomic E-state index is -3.46. The first kappa shape index (κ1) is 15.0. The van der Waals surface area contributed by atoms with E-state index in [-0.39, 0.29) is 12.1 Å². The molecule has 5 heteroatoms. The molecule has 1 saturated heterocycles. The minimum absolute atomic E-state index is 0.0274. The van der Waals surface area contributed by atoms with Crippen molar-refractivity contribution in [3.8, 4) is 0 Å². The van der Waals surface area contributed by atoms with Crippen molar-refractivity contribution in [3.63, 3.8) is 0 Å². The molecule has 1 N–H and O–H groups in total. The molecule has 116 valence electrons. The molecule has 1 aromatic rings. The maximum atomic E-state index is 12.9.